The van der Waals surface area contributed by atoms with Crippen LogP contribution in [0.4, 0.5) is 20.2 Å². The Morgan fingerprint density at radius 1 is 1.04 bits per heavy atom. The van der Waals surface area contributed by atoms with Gasteiger partial charge in [-0.15, -0.1) is 0 Å². The SMILES string of the molecule is COC(=O)c1ccc(F)c([N+](=O)[O-])c1.Cc1c(C(=O)O)ccc(F)c1[N+](=O)[O-]. The summed E-state index contributed by atoms with van der Waals surface area (Å²) in [5.74, 6) is -4.07. The average molecular weight is 398 g/mol. The zero-order chi connectivity index (χ0) is 21.6. The number of nitro groups is 2. The maximum atomic E-state index is 12.9. The number of ether oxygens (including phenoxy) is 1. The number of hydrogen-bond acceptors (Lipinski definition) is 7. The first kappa shape index (κ1) is 22.1. The number of rotatable bonds is 4. The Bertz CT molecular complexity index is 962. The first-order valence-electron chi connectivity index (χ1n) is 7.20. The molecule has 1 N–H and O–H groups in total. The summed E-state index contributed by atoms with van der Waals surface area (Å²) < 4.78 is 30.0. The van der Waals surface area contributed by atoms with Crippen LogP contribution in [-0.4, -0.2) is 34.0 Å². The van der Waals surface area contributed by atoms with E-state index in [2.05, 4.69) is 4.74 Å². The quantitative estimate of drug-likeness (QED) is 0.468. The molecule has 0 saturated carbocycles. The first-order chi connectivity index (χ1) is 13.0. The molecule has 28 heavy (non-hydrogen) atoms. The number of esters is 1. The second kappa shape index (κ2) is 9.12. The lowest BCUT2D eigenvalue weighted by Gasteiger charge is -2.01. The molecule has 2 aromatic carbocycles. The molecule has 0 spiro atoms. The van der Waals surface area contributed by atoms with Crippen LogP contribution in [0, 0.1) is 38.8 Å². The van der Waals surface area contributed by atoms with E-state index in [0.29, 0.717) is 0 Å². The van der Waals surface area contributed by atoms with Crippen molar-refractivity contribution in [3.8, 4) is 0 Å². The van der Waals surface area contributed by atoms with Gasteiger partial charge < -0.3 is 9.84 Å². The number of nitro benzene ring substituents is 2. The fraction of sp³-hybridized carbons (Fsp3) is 0.125. The summed E-state index contributed by atoms with van der Waals surface area (Å²) in [6.07, 6.45) is 0. The van der Waals surface area contributed by atoms with Crippen molar-refractivity contribution in [3.05, 3.63) is 78.9 Å². The Labute approximate surface area is 155 Å². The highest BCUT2D eigenvalue weighted by atomic mass is 19.1. The second-order valence-electron chi connectivity index (χ2n) is 5.05. The van der Waals surface area contributed by atoms with E-state index in [-0.39, 0.29) is 16.7 Å². The van der Waals surface area contributed by atoms with Crippen LogP contribution in [0.15, 0.2) is 30.3 Å². The van der Waals surface area contributed by atoms with Gasteiger partial charge in [-0.25, -0.2) is 9.59 Å². The summed E-state index contributed by atoms with van der Waals surface area (Å²) in [7, 11) is 1.14. The summed E-state index contributed by atoms with van der Waals surface area (Å²) in [5, 5.41) is 29.3. The number of hydrogen-bond donors (Lipinski definition) is 1. The molecule has 2 aromatic rings. The van der Waals surface area contributed by atoms with Crippen LogP contribution in [0.5, 0.6) is 0 Å². The minimum absolute atomic E-state index is 0.0550. The number of carbonyl (C=O) groups excluding carboxylic acids is 1. The van der Waals surface area contributed by atoms with Crippen molar-refractivity contribution in [3.63, 3.8) is 0 Å². The van der Waals surface area contributed by atoms with E-state index in [1.165, 1.54) is 6.92 Å². The van der Waals surface area contributed by atoms with E-state index in [0.717, 1.165) is 37.4 Å². The van der Waals surface area contributed by atoms with Crippen LogP contribution in [0.2, 0.25) is 0 Å². The molecule has 0 aliphatic heterocycles. The van der Waals surface area contributed by atoms with Crippen molar-refractivity contribution < 1.29 is 38.1 Å². The lowest BCUT2D eigenvalue weighted by molar-refractivity contribution is -0.388. The number of methoxy groups -OCH3 is 1. The Morgan fingerprint density at radius 2 is 1.61 bits per heavy atom. The third-order valence-electron chi connectivity index (χ3n) is 3.36. The molecule has 0 heterocycles. The number of carbonyl (C=O) groups is 2. The molecular weight excluding hydrogens is 386 g/mol. The van der Waals surface area contributed by atoms with Crippen molar-refractivity contribution in [1.82, 2.24) is 0 Å². The topological polar surface area (TPSA) is 150 Å². The fourth-order valence-corrected chi connectivity index (χ4v) is 2.02. The highest BCUT2D eigenvalue weighted by Gasteiger charge is 2.22. The van der Waals surface area contributed by atoms with E-state index >= 15 is 0 Å². The molecule has 0 fully saturated rings. The molecule has 0 bridgehead atoms. The Balaban J connectivity index is 0.000000280. The molecule has 0 amide bonds. The van der Waals surface area contributed by atoms with Crippen LogP contribution >= 0.6 is 0 Å². The van der Waals surface area contributed by atoms with Crippen molar-refractivity contribution in [2.45, 2.75) is 6.92 Å². The standard InChI is InChI=1S/2C8H6FNO4/c1-14-8(11)5-2-3-6(9)7(4-5)10(12)13;1-4-5(8(11)12)2-3-6(9)7(4)10(13)14/h2-4H,1H3;2-3H,1H3,(H,11,12). The molecule has 148 valence electrons. The molecule has 0 aliphatic carbocycles. The minimum Gasteiger partial charge on any atom is -0.478 e. The van der Waals surface area contributed by atoms with Gasteiger partial charge in [0.05, 0.1) is 28.1 Å². The third kappa shape index (κ3) is 5.03. The second-order valence-corrected chi connectivity index (χ2v) is 5.05. The lowest BCUT2D eigenvalue weighted by Crippen LogP contribution is -2.04. The number of nitrogens with zero attached hydrogens (tertiary/aromatic N) is 2. The largest absolute Gasteiger partial charge is 0.478 e. The molecule has 0 atom stereocenters. The van der Waals surface area contributed by atoms with E-state index in [4.69, 9.17) is 5.11 Å². The van der Waals surface area contributed by atoms with Crippen LogP contribution in [0.1, 0.15) is 26.3 Å². The highest BCUT2D eigenvalue weighted by molar-refractivity contribution is 5.90. The Kier molecular flexibility index (Phi) is 7.19. The minimum atomic E-state index is -1.31. The van der Waals surface area contributed by atoms with E-state index in [9.17, 15) is 38.6 Å². The molecule has 0 aliphatic rings. The molecule has 0 unspecified atom stereocenters. The van der Waals surface area contributed by atoms with Crippen molar-refractivity contribution in [2.75, 3.05) is 7.11 Å². The van der Waals surface area contributed by atoms with E-state index in [1.807, 2.05) is 0 Å². The van der Waals surface area contributed by atoms with Crippen LogP contribution in [0.3, 0.4) is 0 Å². The summed E-state index contributed by atoms with van der Waals surface area (Å²) in [4.78, 5) is 40.3. The smallest absolute Gasteiger partial charge is 0.338 e. The predicted molar refractivity (Wildman–Crippen MR) is 89.1 cm³/mol. The van der Waals surface area contributed by atoms with Crippen molar-refractivity contribution in [1.29, 1.82) is 0 Å². The molecule has 2 rings (SSSR count). The first-order valence-corrected chi connectivity index (χ1v) is 7.20. The Morgan fingerprint density at radius 3 is 2.07 bits per heavy atom. The van der Waals surface area contributed by atoms with E-state index < -0.39 is 44.8 Å². The number of benzene rings is 2. The molecule has 10 nitrogen and oxygen atoms in total. The summed E-state index contributed by atoms with van der Waals surface area (Å²) in [6, 6.07) is 4.58. The molecular formula is C16H12F2N2O8. The van der Waals surface area contributed by atoms with Crippen LogP contribution in [-0.2, 0) is 4.74 Å². The molecule has 0 aromatic heterocycles. The van der Waals surface area contributed by atoms with Gasteiger partial charge in [0.15, 0.2) is 0 Å². The highest BCUT2D eigenvalue weighted by Crippen LogP contribution is 2.25. The lowest BCUT2D eigenvalue weighted by atomic mass is 10.1. The number of carboxylic acids is 1. The zero-order valence-electron chi connectivity index (χ0n) is 14.3. The van der Waals surface area contributed by atoms with Crippen LogP contribution < -0.4 is 0 Å². The van der Waals surface area contributed by atoms with Gasteiger partial charge in [0.2, 0.25) is 11.6 Å². The van der Waals surface area contributed by atoms with Gasteiger partial charge in [-0.2, -0.15) is 8.78 Å². The number of halogens is 2. The predicted octanol–water partition coefficient (Wildman–Crippen LogP) is 3.26. The number of aromatic carboxylic acids is 1. The van der Waals surface area contributed by atoms with Gasteiger partial charge in [0.25, 0.3) is 0 Å². The van der Waals surface area contributed by atoms with Crippen LogP contribution in [0.25, 0.3) is 0 Å². The van der Waals surface area contributed by atoms with Gasteiger partial charge in [-0.3, -0.25) is 20.2 Å². The van der Waals surface area contributed by atoms with Gasteiger partial charge in [0, 0.05) is 11.6 Å². The zero-order valence-corrected chi connectivity index (χ0v) is 14.3. The normalized spacial score (nSPS) is 9.71. The summed E-state index contributed by atoms with van der Waals surface area (Å²) in [6.45, 7) is 1.20. The molecule has 0 saturated heterocycles. The summed E-state index contributed by atoms with van der Waals surface area (Å²) >= 11 is 0. The van der Waals surface area contributed by atoms with Crippen molar-refractivity contribution >= 4 is 23.3 Å². The maximum Gasteiger partial charge on any atom is 0.338 e. The summed E-state index contributed by atoms with van der Waals surface area (Å²) in [5.41, 5.74) is -2.03. The third-order valence-corrected chi connectivity index (χ3v) is 3.36. The fourth-order valence-electron chi connectivity index (χ4n) is 2.02. The number of carboxylic acid groups (broad SMARTS) is 1. The monoisotopic (exact) mass is 398 g/mol. The van der Waals surface area contributed by atoms with Crippen molar-refractivity contribution in [2.24, 2.45) is 0 Å². The average Bonchev–Trinajstić information content (AvgIpc) is 2.61. The van der Waals surface area contributed by atoms with Gasteiger partial charge in [-0.1, -0.05) is 0 Å². The maximum absolute atomic E-state index is 12.9. The molecule has 0 radical (unpaired) electrons. The van der Waals surface area contributed by atoms with E-state index in [1.54, 1.807) is 0 Å². The molecule has 12 heteroatoms. The van der Waals surface area contributed by atoms with Gasteiger partial charge in [0.1, 0.15) is 0 Å². The van der Waals surface area contributed by atoms with Gasteiger partial charge >= 0.3 is 23.3 Å². The Hall–Kier alpha value is -3.96. The van der Waals surface area contributed by atoms with Gasteiger partial charge in [-0.05, 0) is 31.2 Å².